The van der Waals surface area contributed by atoms with Gasteiger partial charge in [0.05, 0.1) is 18.9 Å². The third-order valence-corrected chi connectivity index (χ3v) is 4.29. The normalized spacial score (nSPS) is 20.3. The number of aliphatic imine (C=N–C) groups is 1. The molecule has 0 bridgehead atoms. The molecule has 8 nitrogen and oxygen atoms in total. The highest BCUT2D eigenvalue weighted by Gasteiger charge is 2.36. The minimum absolute atomic E-state index is 0.228. The molecular weight excluding hydrogens is 320 g/mol. The summed E-state index contributed by atoms with van der Waals surface area (Å²) in [6, 6.07) is 0.248. The first-order valence-electron chi connectivity index (χ1n) is 8.91. The van der Waals surface area contributed by atoms with Crippen LogP contribution in [0.3, 0.4) is 0 Å². The van der Waals surface area contributed by atoms with Gasteiger partial charge in [-0.15, -0.1) is 0 Å². The molecule has 1 atom stereocenters. The summed E-state index contributed by atoms with van der Waals surface area (Å²) in [6.45, 7) is 10.3. The van der Waals surface area contributed by atoms with Crippen LogP contribution in [0, 0.1) is 0 Å². The van der Waals surface area contributed by atoms with E-state index in [1.807, 2.05) is 33.3 Å². The SMILES string of the molecule is CC(C)(C)OC(=O)N1CCN2C(NCCCn3ccnc3)=NCC2C1. The van der Waals surface area contributed by atoms with Gasteiger partial charge in [-0.3, -0.25) is 4.99 Å². The highest BCUT2D eigenvalue weighted by atomic mass is 16.6. The zero-order valence-corrected chi connectivity index (χ0v) is 15.3. The van der Waals surface area contributed by atoms with Crippen LogP contribution in [0.25, 0.3) is 0 Å². The van der Waals surface area contributed by atoms with E-state index in [0.717, 1.165) is 38.6 Å². The fourth-order valence-corrected chi connectivity index (χ4v) is 3.10. The first-order chi connectivity index (χ1) is 11.9. The molecular formula is C17H28N6O2. The summed E-state index contributed by atoms with van der Waals surface area (Å²) in [5, 5.41) is 3.43. The van der Waals surface area contributed by atoms with Crippen molar-refractivity contribution < 1.29 is 9.53 Å². The Labute approximate surface area is 148 Å². The highest BCUT2D eigenvalue weighted by molar-refractivity contribution is 5.82. The Hall–Kier alpha value is -2.25. The number of imidazole rings is 1. The Morgan fingerprint density at radius 2 is 2.24 bits per heavy atom. The summed E-state index contributed by atoms with van der Waals surface area (Å²) in [5.41, 5.74) is -0.456. The van der Waals surface area contributed by atoms with E-state index < -0.39 is 5.60 Å². The van der Waals surface area contributed by atoms with Crippen molar-refractivity contribution in [3.8, 4) is 0 Å². The van der Waals surface area contributed by atoms with Crippen molar-refractivity contribution in [3.63, 3.8) is 0 Å². The zero-order valence-electron chi connectivity index (χ0n) is 15.3. The van der Waals surface area contributed by atoms with E-state index in [0.29, 0.717) is 13.1 Å². The first kappa shape index (κ1) is 17.6. The van der Waals surface area contributed by atoms with E-state index in [2.05, 4.69) is 24.8 Å². The molecule has 1 amide bonds. The summed E-state index contributed by atoms with van der Waals surface area (Å²) in [4.78, 5) is 25.0. The standard InChI is InChI=1S/C17H28N6O2/c1-17(2,3)25-16(24)22-9-10-23-14(12-22)11-20-15(23)19-5-4-7-21-8-6-18-13-21/h6,8,13-14H,4-5,7,9-12H2,1-3H3,(H,19,20). The van der Waals surface area contributed by atoms with Gasteiger partial charge in [-0.05, 0) is 27.2 Å². The molecule has 1 N–H and O–H groups in total. The van der Waals surface area contributed by atoms with E-state index in [9.17, 15) is 4.79 Å². The predicted octanol–water partition coefficient (Wildman–Crippen LogP) is 1.15. The third-order valence-electron chi connectivity index (χ3n) is 4.29. The van der Waals surface area contributed by atoms with Gasteiger partial charge in [0.25, 0.3) is 0 Å². The number of guanidine groups is 1. The van der Waals surface area contributed by atoms with E-state index >= 15 is 0 Å². The van der Waals surface area contributed by atoms with Crippen molar-refractivity contribution >= 4 is 12.1 Å². The molecule has 1 fully saturated rings. The number of rotatable bonds is 4. The summed E-state index contributed by atoms with van der Waals surface area (Å²) >= 11 is 0. The molecule has 1 aromatic heterocycles. The minimum Gasteiger partial charge on any atom is -0.444 e. The molecule has 0 aliphatic carbocycles. The molecule has 1 unspecified atom stereocenters. The Balaban J connectivity index is 1.42. The molecule has 138 valence electrons. The topological polar surface area (TPSA) is 75.0 Å². The lowest BCUT2D eigenvalue weighted by molar-refractivity contribution is 0.0137. The maximum atomic E-state index is 12.2. The van der Waals surface area contributed by atoms with E-state index in [1.54, 1.807) is 11.1 Å². The molecule has 0 radical (unpaired) electrons. The molecule has 2 aliphatic heterocycles. The van der Waals surface area contributed by atoms with Crippen molar-refractivity contribution in [2.75, 3.05) is 32.7 Å². The molecule has 0 saturated carbocycles. The molecule has 25 heavy (non-hydrogen) atoms. The quantitative estimate of drug-likeness (QED) is 0.827. The average Bonchev–Trinajstić information content (AvgIpc) is 3.19. The number of carbonyl (C=O) groups is 1. The second kappa shape index (κ2) is 7.33. The van der Waals surface area contributed by atoms with Crippen LogP contribution in [-0.4, -0.2) is 75.8 Å². The molecule has 0 spiro atoms. The summed E-state index contributed by atoms with van der Waals surface area (Å²) in [6.07, 6.45) is 6.38. The number of piperazine rings is 1. The van der Waals surface area contributed by atoms with Crippen molar-refractivity contribution in [2.24, 2.45) is 4.99 Å². The fourth-order valence-electron chi connectivity index (χ4n) is 3.10. The number of hydrogen-bond donors (Lipinski definition) is 1. The van der Waals surface area contributed by atoms with Gasteiger partial charge in [-0.1, -0.05) is 0 Å². The molecule has 1 saturated heterocycles. The van der Waals surface area contributed by atoms with Crippen LogP contribution in [0.4, 0.5) is 4.79 Å². The molecule has 2 aliphatic rings. The van der Waals surface area contributed by atoms with E-state index in [4.69, 9.17) is 4.74 Å². The largest absolute Gasteiger partial charge is 0.444 e. The number of amides is 1. The second-order valence-electron chi connectivity index (χ2n) is 7.52. The van der Waals surface area contributed by atoms with Crippen LogP contribution in [0.5, 0.6) is 0 Å². The van der Waals surface area contributed by atoms with Crippen molar-refractivity contribution in [1.29, 1.82) is 0 Å². The summed E-state index contributed by atoms with van der Waals surface area (Å²) in [5.74, 6) is 0.958. The third kappa shape index (κ3) is 4.64. The average molecular weight is 348 g/mol. The smallest absolute Gasteiger partial charge is 0.410 e. The van der Waals surface area contributed by atoms with Gasteiger partial charge in [0.2, 0.25) is 0 Å². The van der Waals surface area contributed by atoms with Crippen molar-refractivity contribution in [1.82, 2.24) is 24.7 Å². The number of nitrogens with zero attached hydrogens (tertiary/aromatic N) is 5. The van der Waals surface area contributed by atoms with Gasteiger partial charge >= 0.3 is 6.09 Å². The Bertz CT molecular complexity index is 607. The van der Waals surface area contributed by atoms with Crippen molar-refractivity contribution in [3.05, 3.63) is 18.7 Å². The molecule has 0 aromatic carbocycles. The predicted molar refractivity (Wildman–Crippen MR) is 95.4 cm³/mol. The lowest BCUT2D eigenvalue weighted by Gasteiger charge is -2.39. The van der Waals surface area contributed by atoms with Crippen LogP contribution in [0.1, 0.15) is 27.2 Å². The summed E-state index contributed by atoms with van der Waals surface area (Å²) in [7, 11) is 0. The minimum atomic E-state index is -0.456. The van der Waals surface area contributed by atoms with Gasteiger partial charge in [0, 0.05) is 45.1 Å². The lowest BCUT2D eigenvalue weighted by Crippen LogP contribution is -2.57. The van der Waals surface area contributed by atoms with Gasteiger partial charge in [0.15, 0.2) is 5.96 Å². The van der Waals surface area contributed by atoms with Crippen LogP contribution in [0.15, 0.2) is 23.7 Å². The van der Waals surface area contributed by atoms with E-state index in [1.165, 1.54) is 0 Å². The number of fused-ring (bicyclic) bond motifs is 1. The first-order valence-corrected chi connectivity index (χ1v) is 8.91. The fraction of sp³-hybridized carbons (Fsp3) is 0.706. The second-order valence-corrected chi connectivity index (χ2v) is 7.52. The Morgan fingerprint density at radius 1 is 1.40 bits per heavy atom. The van der Waals surface area contributed by atoms with Crippen LogP contribution >= 0.6 is 0 Å². The maximum absolute atomic E-state index is 12.2. The van der Waals surface area contributed by atoms with Crippen molar-refractivity contribution in [2.45, 2.75) is 45.4 Å². The van der Waals surface area contributed by atoms with Crippen LogP contribution < -0.4 is 5.32 Å². The molecule has 1 aromatic rings. The van der Waals surface area contributed by atoms with E-state index in [-0.39, 0.29) is 12.1 Å². The Kier molecular flexibility index (Phi) is 5.15. The van der Waals surface area contributed by atoms with Crippen LogP contribution in [-0.2, 0) is 11.3 Å². The molecule has 3 heterocycles. The van der Waals surface area contributed by atoms with Gasteiger partial charge in [-0.25, -0.2) is 9.78 Å². The number of aromatic nitrogens is 2. The molecule has 3 rings (SSSR count). The monoisotopic (exact) mass is 348 g/mol. The zero-order chi connectivity index (χ0) is 17.9. The number of carbonyl (C=O) groups excluding carboxylic acids is 1. The van der Waals surface area contributed by atoms with Crippen LogP contribution in [0.2, 0.25) is 0 Å². The maximum Gasteiger partial charge on any atom is 0.410 e. The molecule has 8 heteroatoms. The van der Waals surface area contributed by atoms with Gasteiger partial charge in [-0.2, -0.15) is 0 Å². The number of ether oxygens (including phenoxy) is 1. The lowest BCUT2D eigenvalue weighted by atomic mass is 10.2. The number of aryl methyl sites for hydroxylation is 1. The Morgan fingerprint density at radius 3 is 2.96 bits per heavy atom. The number of hydrogen-bond acceptors (Lipinski definition) is 6. The summed E-state index contributed by atoms with van der Waals surface area (Å²) < 4.78 is 7.55. The van der Waals surface area contributed by atoms with Gasteiger partial charge in [0.1, 0.15) is 5.60 Å². The number of nitrogens with one attached hydrogen (secondary N) is 1. The van der Waals surface area contributed by atoms with Gasteiger partial charge < -0.3 is 24.4 Å². The highest BCUT2D eigenvalue weighted by Crippen LogP contribution is 2.18.